The molecule has 0 bridgehead atoms. The Balaban J connectivity index is 1.64. The van der Waals surface area contributed by atoms with E-state index in [0.29, 0.717) is 13.0 Å². The number of amides is 1. The largest absolute Gasteiger partial charge is 0.489 e. The summed E-state index contributed by atoms with van der Waals surface area (Å²) in [6, 6.07) is 14.1. The number of ether oxygens (including phenoxy) is 1. The molecule has 0 aromatic heterocycles. The number of carbonyl (C=O) groups is 1. The molecule has 2 aromatic carbocycles. The number of nitrogens with zero attached hydrogens (tertiary/aromatic N) is 2. The number of carbonyl (C=O) groups excluding carboxylic acids is 1. The summed E-state index contributed by atoms with van der Waals surface area (Å²) in [7, 11) is 0. The molecule has 2 aliphatic heterocycles. The maximum atomic E-state index is 12.8. The van der Waals surface area contributed by atoms with Gasteiger partial charge in [-0.3, -0.25) is 4.79 Å². The topological polar surface area (TPSA) is 32.8 Å². The standard InChI is InChI=1S/C19H20N2O2/c1-14-4-2-5-15(12-14)13-18(22)21-9-8-20-10-11-23-17-7-3-6-16(21)19(17)20/h2-7,12H,8-11,13H2,1H3. The molecule has 0 radical (unpaired) electrons. The quantitative estimate of drug-likeness (QED) is 0.855. The Kier molecular flexibility index (Phi) is 3.45. The van der Waals surface area contributed by atoms with Crippen LogP contribution >= 0.6 is 0 Å². The predicted molar refractivity (Wildman–Crippen MR) is 91.4 cm³/mol. The van der Waals surface area contributed by atoms with Gasteiger partial charge in [0.1, 0.15) is 18.0 Å². The number of hydrogen-bond acceptors (Lipinski definition) is 3. The molecule has 0 spiro atoms. The summed E-state index contributed by atoms with van der Waals surface area (Å²) < 4.78 is 5.75. The third kappa shape index (κ3) is 2.54. The third-order valence-electron chi connectivity index (χ3n) is 4.54. The van der Waals surface area contributed by atoms with E-state index in [2.05, 4.69) is 24.0 Å². The number of para-hydroxylation sites is 1. The van der Waals surface area contributed by atoms with E-state index in [1.807, 2.05) is 35.2 Å². The number of rotatable bonds is 2. The molecule has 0 fully saturated rings. The van der Waals surface area contributed by atoms with Crippen LogP contribution < -0.4 is 14.5 Å². The van der Waals surface area contributed by atoms with Gasteiger partial charge in [0.2, 0.25) is 5.91 Å². The van der Waals surface area contributed by atoms with E-state index in [9.17, 15) is 4.79 Å². The van der Waals surface area contributed by atoms with Crippen molar-refractivity contribution < 1.29 is 9.53 Å². The summed E-state index contributed by atoms with van der Waals surface area (Å²) in [6.45, 7) is 5.27. The van der Waals surface area contributed by atoms with Gasteiger partial charge in [0.05, 0.1) is 18.7 Å². The van der Waals surface area contributed by atoms with Crippen LogP contribution in [0.5, 0.6) is 5.75 Å². The highest BCUT2D eigenvalue weighted by Gasteiger charge is 2.31. The van der Waals surface area contributed by atoms with E-state index in [0.717, 1.165) is 42.3 Å². The molecule has 0 unspecified atom stereocenters. The Morgan fingerprint density at radius 2 is 2.00 bits per heavy atom. The van der Waals surface area contributed by atoms with Gasteiger partial charge in [0.25, 0.3) is 0 Å². The van der Waals surface area contributed by atoms with Gasteiger partial charge in [-0.1, -0.05) is 35.9 Å². The van der Waals surface area contributed by atoms with E-state index in [1.54, 1.807) is 0 Å². The van der Waals surface area contributed by atoms with Crippen molar-refractivity contribution in [3.63, 3.8) is 0 Å². The van der Waals surface area contributed by atoms with Crippen molar-refractivity contribution in [2.24, 2.45) is 0 Å². The summed E-state index contributed by atoms with van der Waals surface area (Å²) in [5.74, 6) is 1.04. The van der Waals surface area contributed by atoms with E-state index >= 15 is 0 Å². The fourth-order valence-corrected chi connectivity index (χ4v) is 3.46. The van der Waals surface area contributed by atoms with Crippen LogP contribution in [0.4, 0.5) is 11.4 Å². The van der Waals surface area contributed by atoms with Gasteiger partial charge >= 0.3 is 0 Å². The van der Waals surface area contributed by atoms with Gasteiger partial charge in [0, 0.05) is 13.1 Å². The van der Waals surface area contributed by atoms with Gasteiger partial charge in [-0.05, 0) is 24.6 Å². The first kappa shape index (κ1) is 14.1. The first-order chi connectivity index (χ1) is 11.2. The molecule has 2 heterocycles. The minimum Gasteiger partial charge on any atom is -0.489 e. The van der Waals surface area contributed by atoms with Crippen LogP contribution in [0, 0.1) is 6.92 Å². The molecule has 4 rings (SSSR count). The molecule has 0 saturated heterocycles. The first-order valence-corrected chi connectivity index (χ1v) is 8.09. The second-order valence-electron chi connectivity index (χ2n) is 6.17. The molecule has 4 nitrogen and oxygen atoms in total. The Bertz CT molecular complexity index is 757. The van der Waals surface area contributed by atoms with Crippen molar-refractivity contribution in [1.29, 1.82) is 0 Å². The summed E-state index contributed by atoms with van der Waals surface area (Å²) in [4.78, 5) is 17.1. The van der Waals surface area contributed by atoms with E-state index in [1.165, 1.54) is 5.56 Å². The number of aryl methyl sites for hydroxylation is 1. The lowest BCUT2D eigenvalue weighted by Gasteiger charge is -2.41. The zero-order valence-electron chi connectivity index (χ0n) is 13.3. The summed E-state index contributed by atoms with van der Waals surface area (Å²) >= 11 is 0. The summed E-state index contributed by atoms with van der Waals surface area (Å²) in [5, 5.41) is 0. The number of benzene rings is 2. The summed E-state index contributed by atoms with van der Waals surface area (Å²) in [6.07, 6.45) is 0.437. The van der Waals surface area contributed by atoms with Gasteiger partial charge in [-0.15, -0.1) is 0 Å². The lowest BCUT2D eigenvalue weighted by atomic mass is 10.1. The van der Waals surface area contributed by atoms with Crippen LogP contribution in [0.15, 0.2) is 42.5 Å². The normalized spacial score (nSPS) is 15.9. The van der Waals surface area contributed by atoms with Gasteiger partial charge < -0.3 is 14.5 Å². The highest BCUT2D eigenvalue weighted by molar-refractivity contribution is 6.00. The molecule has 2 aromatic rings. The second-order valence-corrected chi connectivity index (χ2v) is 6.17. The summed E-state index contributed by atoms with van der Waals surface area (Å²) in [5.41, 5.74) is 4.30. The van der Waals surface area contributed by atoms with E-state index in [4.69, 9.17) is 4.74 Å². The molecular weight excluding hydrogens is 288 g/mol. The minimum absolute atomic E-state index is 0.147. The van der Waals surface area contributed by atoms with Crippen molar-refractivity contribution >= 4 is 17.3 Å². The highest BCUT2D eigenvalue weighted by Crippen LogP contribution is 2.42. The zero-order valence-corrected chi connectivity index (χ0v) is 13.3. The lowest BCUT2D eigenvalue weighted by Crippen LogP contribution is -2.47. The van der Waals surface area contributed by atoms with Crippen LogP contribution in [-0.4, -0.2) is 32.1 Å². The predicted octanol–water partition coefficient (Wildman–Crippen LogP) is 2.78. The fourth-order valence-electron chi connectivity index (χ4n) is 3.46. The molecular formula is C19H20N2O2. The molecule has 0 aliphatic carbocycles. The van der Waals surface area contributed by atoms with Gasteiger partial charge in [-0.25, -0.2) is 0 Å². The van der Waals surface area contributed by atoms with Crippen molar-refractivity contribution in [2.75, 3.05) is 36.0 Å². The number of hydrogen-bond donors (Lipinski definition) is 0. The van der Waals surface area contributed by atoms with Crippen molar-refractivity contribution in [3.05, 3.63) is 53.6 Å². The van der Waals surface area contributed by atoms with Crippen LogP contribution in [-0.2, 0) is 11.2 Å². The van der Waals surface area contributed by atoms with Crippen molar-refractivity contribution in [3.8, 4) is 5.75 Å². The molecule has 4 heteroatoms. The van der Waals surface area contributed by atoms with Crippen LogP contribution in [0.2, 0.25) is 0 Å². The Morgan fingerprint density at radius 1 is 1.13 bits per heavy atom. The maximum absolute atomic E-state index is 12.8. The van der Waals surface area contributed by atoms with E-state index < -0.39 is 0 Å². The van der Waals surface area contributed by atoms with Gasteiger partial charge in [-0.2, -0.15) is 0 Å². The van der Waals surface area contributed by atoms with Crippen LogP contribution in [0.3, 0.4) is 0 Å². The molecule has 0 N–H and O–H groups in total. The van der Waals surface area contributed by atoms with Crippen LogP contribution in [0.1, 0.15) is 11.1 Å². The molecule has 1 amide bonds. The second kappa shape index (κ2) is 5.61. The van der Waals surface area contributed by atoms with Crippen molar-refractivity contribution in [1.82, 2.24) is 0 Å². The zero-order chi connectivity index (χ0) is 15.8. The lowest BCUT2D eigenvalue weighted by molar-refractivity contribution is -0.118. The minimum atomic E-state index is 0.147. The smallest absolute Gasteiger partial charge is 0.231 e. The number of anilines is 2. The van der Waals surface area contributed by atoms with Crippen molar-refractivity contribution in [2.45, 2.75) is 13.3 Å². The average Bonchev–Trinajstić information content (AvgIpc) is 2.56. The average molecular weight is 308 g/mol. The molecule has 0 saturated carbocycles. The Morgan fingerprint density at radius 3 is 2.87 bits per heavy atom. The maximum Gasteiger partial charge on any atom is 0.231 e. The monoisotopic (exact) mass is 308 g/mol. The van der Waals surface area contributed by atoms with Crippen LogP contribution in [0.25, 0.3) is 0 Å². The van der Waals surface area contributed by atoms with E-state index in [-0.39, 0.29) is 5.91 Å². The third-order valence-corrected chi connectivity index (χ3v) is 4.54. The van der Waals surface area contributed by atoms with Gasteiger partial charge in [0.15, 0.2) is 0 Å². The highest BCUT2D eigenvalue weighted by atomic mass is 16.5. The molecule has 0 atom stereocenters. The Labute approximate surface area is 136 Å². The SMILES string of the molecule is Cc1cccc(CC(=O)N2CCN3CCOc4cccc2c43)c1. The fraction of sp³-hybridized carbons (Fsp3) is 0.316. The molecule has 118 valence electrons. The molecule has 2 aliphatic rings. The Hall–Kier alpha value is -2.49. The molecule has 23 heavy (non-hydrogen) atoms. The first-order valence-electron chi connectivity index (χ1n) is 8.09.